The second-order valence-electron chi connectivity index (χ2n) is 4.75. The lowest BCUT2D eigenvalue weighted by molar-refractivity contribution is 0.101. The Morgan fingerprint density at radius 3 is 2.33 bits per heavy atom. The van der Waals surface area contributed by atoms with Crippen LogP contribution in [0.1, 0.15) is 16.1 Å². The number of hydrogen-bond donors (Lipinski definition) is 2. The standard InChI is InChI=1S/C15H19N3O3/c1-9-5-13(20-3)14(21-4)7-11(9)17-15(19)12-6-10(16)8-18(12)2/h5-8H,16H2,1-4H3,(H,17,19). The van der Waals surface area contributed by atoms with E-state index in [0.717, 1.165) is 5.56 Å². The van der Waals surface area contributed by atoms with Gasteiger partial charge >= 0.3 is 0 Å². The molecule has 0 unspecified atom stereocenters. The molecule has 112 valence electrons. The van der Waals surface area contributed by atoms with Gasteiger partial charge < -0.3 is 25.1 Å². The zero-order chi connectivity index (χ0) is 15.6. The first kappa shape index (κ1) is 14.8. The molecule has 6 nitrogen and oxygen atoms in total. The van der Waals surface area contributed by atoms with Crippen molar-refractivity contribution in [1.82, 2.24) is 4.57 Å². The summed E-state index contributed by atoms with van der Waals surface area (Å²) in [5.74, 6) is 0.949. The van der Waals surface area contributed by atoms with Crippen molar-refractivity contribution in [1.29, 1.82) is 0 Å². The maximum Gasteiger partial charge on any atom is 0.272 e. The average Bonchev–Trinajstić information content (AvgIpc) is 2.79. The molecule has 2 aromatic rings. The number of amides is 1. The summed E-state index contributed by atoms with van der Waals surface area (Å²) >= 11 is 0. The van der Waals surface area contributed by atoms with Crippen LogP contribution in [0.25, 0.3) is 0 Å². The van der Waals surface area contributed by atoms with Crippen LogP contribution >= 0.6 is 0 Å². The number of anilines is 2. The van der Waals surface area contributed by atoms with E-state index in [-0.39, 0.29) is 5.91 Å². The van der Waals surface area contributed by atoms with Gasteiger partial charge in [0.25, 0.3) is 5.91 Å². The van der Waals surface area contributed by atoms with Crippen molar-refractivity contribution in [2.75, 3.05) is 25.3 Å². The van der Waals surface area contributed by atoms with Gasteiger partial charge in [-0.1, -0.05) is 0 Å². The van der Waals surface area contributed by atoms with Gasteiger partial charge in [0.1, 0.15) is 5.69 Å². The second kappa shape index (κ2) is 5.78. The van der Waals surface area contributed by atoms with E-state index in [1.807, 2.05) is 13.0 Å². The van der Waals surface area contributed by atoms with Gasteiger partial charge in [0.2, 0.25) is 0 Å². The smallest absolute Gasteiger partial charge is 0.272 e. The summed E-state index contributed by atoms with van der Waals surface area (Å²) in [4.78, 5) is 12.3. The van der Waals surface area contributed by atoms with Crippen LogP contribution in [0.4, 0.5) is 11.4 Å². The molecule has 1 amide bonds. The summed E-state index contributed by atoms with van der Waals surface area (Å²) in [6.45, 7) is 1.89. The summed E-state index contributed by atoms with van der Waals surface area (Å²) in [5.41, 5.74) is 8.26. The number of nitrogens with two attached hydrogens (primary N) is 1. The third-order valence-corrected chi connectivity index (χ3v) is 3.24. The highest BCUT2D eigenvalue weighted by Crippen LogP contribution is 2.33. The fourth-order valence-corrected chi connectivity index (χ4v) is 2.12. The van der Waals surface area contributed by atoms with Crippen LogP contribution in [0.5, 0.6) is 11.5 Å². The van der Waals surface area contributed by atoms with Gasteiger partial charge in [0.05, 0.1) is 19.9 Å². The largest absolute Gasteiger partial charge is 0.493 e. The normalized spacial score (nSPS) is 10.3. The topological polar surface area (TPSA) is 78.5 Å². The molecule has 0 atom stereocenters. The third kappa shape index (κ3) is 2.94. The molecule has 2 rings (SSSR count). The van der Waals surface area contributed by atoms with Gasteiger partial charge in [-0.2, -0.15) is 0 Å². The van der Waals surface area contributed by atoms with Crippen LogP contribution in [-0.2, 0) is 7.05 Å². The maximum absolute atomic E-state index is 12.3. The number of aryl methyl sites for hydroxylation is 2. The van der Waals surface area contributed by atoms with E-state index in [1.54, 1.807) is 44.2 Å². The fraction of sp³-hybridized carbons (Fsp3) is 0.267. The van der Waals surface area contributed by atoms with E-state index in [2.05, 4.69) is 5.32 Å². The van der Waals surface area contributed by atoms with Crippen LogP contribution in [0.15, 0.2) is 24.4 Å². The van der Waals surface area contributed by atoms with E-state index >= 15 is 0 Å². The van der Waals surface area contributed by atoms with Crippen molar-refractivity contribution in [2.24, 2.45) is 7.05 Å². The zero-order valence-corrected chi connectivity index (χ0v) is 12.6. The molecule has 0 radical (unpaired) electrons. The minimum atomic E-state index is -0.232. The van der Waals surface area contributed by atoms with Crippen molar-refractivity contribution < 1.29 is 14.3 Å². The summed E-state index contributed by atoms with van der Waals surface area (Å²) in [6.07, 6.45) is 1.69. The first-order chi connectivity index (χ1) is 9.96. The average molecular weight is 289 g/mol. The third-order valence-electron chi connectivity index (χ3n) is 3.24. The van der Waals surface area contributed by atoms with Crippen LogP contribution < -0.4 is 20.5 Å². The zero-order valence-electron chi connectivity index (χ0n) is 12.6. The number of nitrogens with one attached hydrogen (secondary N) is 1. The first-order valence-electron chi connectivity index (χ1n) is 6.42. The second-order valence-corrected chi connectivity index (χ2v) is 4.75. The SMILES string of the molecule is COc1cc(C)c(NC(=O)c2cc(N)cn2C)cc1OC. The number of methoxy groups -OCH3 is 2. The number of nitrogens with zero attached hydrogens (tertiary/aromatic N) is 1. The number of hydrogen-bond acceptors (Lipinski definition) is 4. The Morgan fingerprint density at radius 1 is 1.19 bits per heavy atom. The molecule has 0 bridgehead atoms. The summed E-state index contributed by atoms with van der Waals surface area (Å²) < 4.78 is 12.2. The van der Waals surface area contributed by atoms with Gasteiger partial charge in [0, 0.05) is 25.0 Å². The number of benzene rings is 1. The molecule has 6 heteroatoms. The van der Waals surface area contributed by atoms with Gasteiger partial charge in [-0.05, 0) is 24.6 Å². The Labute approximate surface area is 123 Å². The number of carbonyl (C=O) groups excluding carboxylic acids is 1. The molecule has 0 saturated carbocycles. The van der Waals surface area contributed by atoms with Crippen LogP contribution in [0.2, 0.25) is 0 Å². The molecule has 0 aliphatic rings. The molecule has 21 heavy (non-hydrogen) atoms. The lowest BCUT2D eigenvalue weighted by Gasteiger charge is -2.13. The van der Waals surface area contributed by atoms with Crippen molar-refractivity contribution in [3.63, 3.8) is 0 Å². The van der Waals surface area contributed by atoms with Crippen LogP contribution in [0.3, 0.4) is 0 Å². The quantitative estimate of drug-likeness (QED) is 0.904. The molecule has 0 aliphatic heterocycles. The van der Waals surface area contributed by atoms with Crippen LogP contribution in [-0.4, -0.2) is 24.7 Å². The molecule has 1 aromatic heterocycles. The van der Waals surface area contributed by atoms with E-state index in [1.165, 1.54) is 0 Å². The molecule has 0 spiro atoms. The van der Waals surface area contributed by atoms with Gasteiger partial charge in [-0.15, -0.1) is 0 Å². The minimum Gasteiger partial charge on any atom is -0.493 e. The molecule has 0 fully saturated rings. The van der Waals surface area contributed by atoms with Crippen molar-refractivity contribution >= 4 is 17.3 Å². The van der Waals surface area contributed by atoms with Gasteiger partial charge in [-0.3, -0.25) is 4.79 Å². The van der Waals surface area contributed by atoms with E-state index in [9.17, 15) is 4.79 Å². The highest BCUT2D eigenvalue weighted by atomic mass is 16.5. The maximum atomic E-state index is 12.3. The van der Waals surface area contributed by atoms with Crippen molar-refractivity contribution in [3.8, 4) is 11.5 Å². The van der Waals surface area contributed by atoms with Gasteiger partial charge in [0.15, 0.2) is 11.5 Å². The van der Waals surface area contributed by atoms with E-state index in [0.29, 0.717) is 28.6 Å². The fourth-order valence-electron chi connectivity index (χ4n) is 2.12. The van der Waals surface area contributed by atoms with Gasteiger partial charge in [-0.25, -0.2) is 0 Å². The monoisotopic (exact) mass is 289 g/mol. The van der Waals surface area contributed by atoms with Crippen molar-refractivity contribution in [2.45, 2.75) is 6.92 Å². The highest BCUT2D eigenvalue weighted by molar-refractivity contribution is 6.04. The van der Waals surface area contributed by atoms with E-state index in [4.69, 9.17) is 15.2 Å². The molecule has 3 N–H and O–H groups in total. The lowest BCUT2D eigenvalue weighted by atomic mass is 10.1. The Balaban J connectivity index is 2.31. The molecule has 0 aliphatic carbocycles. The summed E-state index contributed by atoms with van der Waals surface area (Å²) in [6, 6.07) is 5.18. The Morgan fingerprint density at radius 2 is 1.81 bits per heavy atom. The number of carbonyl (C=O) groups is 1. The van der Waals surface area contributed by atoms with E-state index < -0.39 is 0 Å². The molecule has 1 aromatic carbocycles. The summed E-state index contributed by atoms with van der Waals surface area (Å²) in [7, 11) is 4.89. The van der Waals surface area contributed by atoms with Crippen molar-refractivity contribution in [3.05, 3.63) is 35.7 Å². The Bertz CT molecular complexity index is 677. The Hall–Kier alpha value is -2.63. The number of aromatic nitrogens is 1. The minimum absolute atomic E-state index is 0.232. The Kier molecular flexibility index (Phi) is 4.07. The lowest BCUT2D eigenvalue weighted by Crippen LogP contribution is -2.16. The highest BCUT2D eigenvalue weighted by Gasteiger charge is 2.14. The summed E-state index contributed by atoms with van der Waals surface area (Å²) in [5, 5.41) is 2.86. The predicted molar refractivity (Wildman–Crippen MR) is 82.1 cm³/mol. The molecular weight excluding hydrogens is 270 g/mol. The predicted octanol–water partition coefficient (Wildman–Crippen LogP) is 2.19. The van der Waals surface area contributed by atoms with Crippen LogP contribution in [0, 0.1) is 6.92 Å². The number of nitrogen functional groups attached to an aromatic ring is 1. The molecular formula is C15H19N3O3. The number of ether oxygens (including phenoxy) is 2. The molecule has 1 heterocycles. The molecule has 0 saturated heterocycles. The number of rotatable bonds is 4. The first-order valence-corrected chi connectivity index (χ1v) is 6.42.